The van der Waals surface area contributed by atoms with Crippen LogP contribution in [-0.4, -0.2) is 22.5 Å². The molecule has 128 valence electrons. The van der Waals surface area contributed by atoms with Crippen LogP contribution in [0.1, 0.15) is 34.1 Å². The van der Waals surface area contributed by atoms with E-state index in [0.717, 1.165) is 29.1 Å². The minimum atomic E-state index is -4.76. The van der Waals surface area contributed by atoms with E-state index < -0.39 is 23.4 Å². The van der Waals surface area contributed by atoms with Crippen molar-refractivity contribution in [3.63, 3.8) is 0 Å². The maximum atomic E-state index is 13.1. The van der Waals surface area contributed by atoms with Gasteiger partial charge in [-0.15, -0.1) is 0 Å². The molecule has 1 heterocycles. The number of thioether (sulfide) groups is 1. The first-order valence-electron chi connectivity index (χ1n) is 7.11. The van der Waals surface area contributed by atoms with Gasteiger partial charge < -0.3 is 4.74 Å². The van der Waals surface area contributed by atoms with Crippen LogP contribution >= 0.6 is 11.8 Å². The summed E-state index contributed by atoms with van der Waals surface area (Å²) in [4.78, 5) is 19.0. The van der Waals surface area contributed by atoms with Crippen LogP contribution < -0.4 is 0 Å². The number of halogens is 3. The maximum absolute atomic E-state index is 13.1. The lowest BCUT2D eigenvalue weighted by molar-refractivity contribution is -0.142. The molecule has 0 atom stereocenters. The van der Waals surface area contributed by atoms with E-state index in [0.29, 0.717) is 5.75 Å². The number of benzene rings is 1. The smallest absolute Gasteiger partial charge is 0.434 e. The van der Waals surface area contributed by atoms with Crippen molar-refractivity contribution in [3.05, 3.63) is 52.8 Å². The van der Waals surface area contributed by atoms with Crippen LogP contribution in [0.2, 0.25) is 0 Å². The zero-order valence-corrected chi connectivity index (χ0v) is 13.9. The van der Waals surface area contributed by atoms with Gasteiger partial charge in [0.15, 0.2) is 10.9 Å². The minimum Gasteiger partial charge on any atom is -0.462 e. The van der Waals surface area contributed by atoms with E-state index in [1.165, 1.54) is 6.92 Å². The average molecular weight is 356 g/mol. The molecular weight excluding hydrogens is 341 g/mol. The van der Waals surface area contributed by atoms with Gasteiger partial charge in [-0.1, -0.05) is 41.6 Å². The molecule has 0 aliphatic carbocycles. The quantitative estimate of drug-likeness (QED) is 0.455. The van der Waals surface area contributed by atoms with Gasteiger partial charge in [0.05, 0.1) is 6.61 Å². The average Bonchev–Trinajstić information content (AvgIpc) is 2.53. The molecule has 0 amide bonds. The number of aromatic nitrogens is 2. The lowest BCUT2D eigenvalue weighted by atomic mass is 10.2. The Kier molecular flexibility index (Phi) is 5.82. The van der Waals surface area contributed by atoms with Crippen LogP contribution in [0.4, 0.5) is 13.2 Å². The van der Waals surface area contributed by atoms with Gasteiger partial charge in [0, 0.05) is 11.9 Å². The summed E-state index contributed by atoms with van der Waals surface area (Å²) in [7, 11) is 0. The highest BCUT2D eigenvalue weighted by Gasteiger charge is 2.38. The first-order valence-corrected chi connectivity index (χ1v) is 8.09. The summed E-state index contributed by atoms with van der Waals surface area (Å²) in [5, 5.41) is -0.0454. The van der Waals surface area contributed by atoms with Crippen molar-refractivity contribution in [2.24, 2.45) is 0 Å². The first kappa shape index (κ1) is 18.3. The number of ether oxygens (including phenoxy) is 1. The molecule has 0 bridgehead atoms. The number of nitrogens with zero attached hydrogens (tertiary/aromatic N) is 2. The van der Waals surface area contributed by atoms with Crippen molar-refractivity contribution < 1.29 is 22.7 Å². The summed E-state index contributed by atoms with van der Waals surface area (Å²) in [6, 6.07) is 7.61. The molecule has 24 heavy (non-hydrogen) atoms. The molecule has 0 aliphatic heterocycles. The van der Waals surface area contributed by atoms with Gasteiger partial charge in [-0.05, 0) is 19.4 Å². The molecule has 0 saturated carbocycles. The number of alkyl halides is 3. The SMILES string of the molecule is CCOC(=O)c1cnc(SCc2ccc(C)cc2)nc1C(F)(F)F. The van der Waals surface area contributed by atoms with Crippen molar-refractivity contribution in [2.75, 3.05) is 6.61 Å². The van der Waals surface area contributed by atoms with Crippen molar-refractivity contribution >= 4 is 17.7 Å². The Bertz CT molecular complexity index is 718. The Hall–Kier alpha value is -2.09. The maximum Gasteiger partial charge on any atom is 0.434 e. The molecule has 2 rings (SSSR count). The lowest BCUT2D eigenvalue weighted by Gasteiger charge is -2.11. The summed E-state index contributed by atoms with van der Waals surface area (Å²) in [5.41, 5.74) is 0.0850. The van der Waals surface area contributed by atoms with E-state index in [1.807, 2.05) is 31.2 Å². The van der Waals surface area contributed by atoms with E-state index >= 15 is 0 Å². The Morgan fingerprint density at radius 3 is 2.50 bits per heavy atom. The van der Waals surface area contributed by atoms with E-state index in [-0.39, 0.29) is 11.8 Å². The number of aryl methyl sites for hydroxylation is 1. The predicted molar refractivity (Wildman–Crippen MR) is 83.7 cm³/mol. The van der Waals surface area contributed by atoms with Crippen LogP contribution in [-0.2, 0) is 16.7 Å². The van der Waals surface area contributed by atoms with Gasteiger partial charge in [-0.2, -0.15) is 13.2 Å². The third-order valence-electron chi connectivity index (χ3n) is 3.02. The monoisotopic (exact) mass is 356 g/mol. The predicted octanol–water partition coefficient (Wildman–Crippen LogP) is 4.27. The van der Waals surface area contributed by atoms with Crippen LogP contribution in [0.15, 0.2) is 35.6 Å². The second-order valence-electron chi connectivity index (χ2n) is 4.91. The number of carbonyl (C=O) groups excluding carboxylic acids is 1. The van der Waals surface area contributed by atoms with Gasteiger partial charge in [0.1, 0.15) is 5.56 Å². The number of carbonyl (C=O) groups is 1. The van der Waals surface area contributed by atoms with Crippen LogP contribution in [0.25, 0.3) is 0 Å². The fourth-order valence-electron chi connectivity index (χ4n) is 1.84. The Balaban J connectivity index is 2.22. The molecule has 0 unspecified atom stereocenters. The molecule has 1 aromatic carbocycles. The number of hydrogen-bond donors (Lipinski definition) is 0. The van der Waals surface area contributed by atoms with Crippen LogP contribution in [0.5, 0.6) is 0 Å². The molecule has 0 saturated heterocycles. The topological polar surface area (TPSA) is 52.1 Å². The Labute approximate surface area is 141 Å². The van der Waals surface area contributed by atoms with E-state index in [9.17, 15) is 18.0 Å². The fraction of sp³-hybridized carbons (Fsp3) is 0.312. The number of esters is 1. The first-order chi connectivity index (χ1) is 11.3. The standard InChI is InChI=1S/C16H15F3N2O2S/c1-3-23-14(22)12-8-20-15(21-13(12)16(17,18)19)24-9-11-6-4-10(2)5-7-11/h4-8H,3,9H2,1-2H3. The van der Waals surface area contributed by atoms with Crippen molar-refractivity contribution in [1.82, 2.24) is 9.97 Å². The molecular formula is C16H15F3N2O2S. The Morgan fingerprint density at radius 1 is 1.25 bits per heavy atom. The van der Waals surface area contributed by atoms with E-state index in [1.54, 1.807) is 0 Å². The van der Waals surface area contributed by atoms with Gasteiger partial charge in [-0.25, -0.2) is 14.8 Å². The second-order valence-corrected chi connectivity index (χ2v) is 5.85. The molecule has 2 aromatic rings. The molecule has 4 nitrogen and oxygen atoms in total. The molecule has 1 aromatic heterocycles. The third-order valence-corrected chi connectivity index (χ3v) is 3.95. The van der Waals surface area contributed by atoms with Crippen molar-refractivity contribution in [1.29, 1.82) is 0 Å². The van der Waals surface area contributed by atoms with Gasteiger partial charge in [-0.3, -0.25) is 0 Å². The molecule has 8 heteroatoms. The van der Waals surface area contributed by atoms with E-state index in [4.69, 9.17) is 0 Å². The van der Waals surface area contributed by atoms with Crippen LogP contribution in [0, 0.1) is 6.92 Å². The van der Waals surface area contributed by atoms with Gasteiger partial charge in [0.2, 0.25) is 0 Å². The fourth-order valence-corrected chi connectivity index (χ4v) is 2.61. The highest BCUT2D eigenvalue weighted by atomic mass is 32.2. The lowest BCUT2D eigenvalue weighted by Crippen LogP contribution is -2.18. The summed E-state index contributed by atoms with van der Waals surface area (Å²) < 4.78 is 44.0. The minimum absolute atomic E-state index is 0.0277. The molecule has 0 fully saturated rings. The normalized spacial score (nSPS) is 11.4. The van der Waals surface area contributed by atoms with Crippen molar-refractivity contribution in [2.45, 2.75) is 30.9 Å². The van der Waals surface area contributed by atoms with E-state index in [2.05, 4.69) is 14.7 Å². The summed E-state index contributed by atoms with van der Waals surface area (Å²) in [5.74, 6) is -0.657. The zero-order valence-electron chi connectivity index (χ0n) is 13.1. The molecule has 0 N–H and O–H groups in total. The molecule has 0 radical (unpaired) electrons. The highest BCUT2D eigenvalue weighted by Crippen LogP contribution is 2.32. The third kappa shape index (κ3) is 4.70. The van der Waals surface area contributed by atoms with Crippen molar-refractivity contribution in [3.8, 4) is 0 Å². The highest BCUT2D eigenvalue weighted by molar-refractivity contribution is 7.98. The second kappa shape index (κ2) is 7.65. The van der Waals surface area contributed by atoms with Crippen LogP contribution in [0.3, 0.4) is 0 Å². The summed E-state index contributed by atoms with van der Waals surface area (Å²) >= 11 is 1.07. The molecule has 0 spiro atoms. The summed E-state index contributed by atoms with van der Waals surface area (Å²) in [6.07, 6.45) is -3.89. The number of hydrogen-bond acceptors (Lipinski definition) is 5. The summed E-state index contributed by atoms with van der Waals surface area (Å²) in [6.45, 7) is 3.43. The molecule has 0 aliphatic rings. The zero-order chi connectivity index (χ0) is 17.7. The Morgan fingerprint density at radius 2 is 1.92 bits per heavy atom. The van der Waals surface area contributed by atoms with Gasteiger partial charge in [0.25, 0.3) is 0 Å². The largest absolute Gasteiger partial charge is 0.462 e. The van der Waals surface area contributed by atoms with Gasteiger partial charge >= 0.3 is 12.1 Å². The number of rotatable bonds is 5.